The molecule has 9 nitrogen and oxygen atoms in total. The molecule has 0 saturated heterocycles. The highest BCUT2D eigenvalue weighted by molar-refractivity contribution is 5.68. The van der Waals surface area contributed by atoms with Crippen LogP contribution in [0.4, 0.5) is 5.82 Å². The van der Waals surface area contributed by atoms with Gasteiger partial charge in [-0.15, -0.1) is 0 Å². The normalized spacial score (nSPS) is 15.8. The second kappa shape index (κ2) is 13.1. The maximum absolute atomic E-state index is 6.35. The second-order valence-electron chi connectivity index (χ2n) is 12.0. The largest absolute Gasteiger partial charge is 0.493 e. The summed E-state index contributed by atoms with van der Waals surface area (Å²) in [6.45, 7) is 5.38. The number of ether oxygens (including phenoxy) is 4. The lowest BCUT2D eigenvalue weighted by Crippen LogP contribution is -2.13. The number of nitrogens with zero attached hydrogens (tertiary/aromatic N) is 4. The van der Waals surface area contributed by atoms with E-state index < -0.39 is 0 Å². The maximum Gasteiger partial charge on any atom is 0.166 e. The summed E-state index contributed by atoms with van der Waals surface area (Å²) in [5.74, 6) is 5.61. The third-order valence-corrected chi connectivity index (χ3v) is 8.46. The molecule has 6 rings (SSSR count). The van der Waals surface area contributed by atoms with E-state index in [2.05, 4.69) is 48.0 Å². The van der Waals surface area contributed by atoms with E-state index in [1.54, 1.807) is 14.2 Å². The quantitative estimate of drug-likeness (QED) is 0.186. The molecule has 2 aliphatic heterocycles. The van der Waals surface area contributed by atoms with E-state index >= 15 is 0 Å². The number of nitrogens with one attached hydrogen (secondary N) is 1. The van der Waals surface area contributed by atoms with Crippen LogP contribution in [0.1, 0.15) is 88.1 Å². The summed E-state index contributed by atoms with van der Waals surface area (Å²) in [7, 11) is 3.37. The lowest BCUT2D eigenvalue weighted by Gasteiger charge is -2.18. The van der Waals surface area contributed by atoms with Crippen LogP contribution in [0, 0.1) is 0 Å². The standard InChI is InChI=1S/C34H43N5O4/c1-22(2)32-37-31-33(35-19-23-13-15-27(40-3)29(17-23)42-25-9-5-6-10-25)36-21-39(34(31)38-32)20-24-14-16-28(41-4)30(18-24)43-26-11-7-8-12-26/h13-18,21-22,25-26,35H,5-12,19-20H2,1-4H3. The van der Waals surface area contributed by atoms with Gasteiger partial charge in [0.2, 0.25) is 0 Å². The Labute approximate surface area is 254 Å². The van der Waals surface area contributed by atoms with Crippen LogP contribution < -0.4 is 24.3 Å². The number of fused-ring (bicyclic) bond motifs is 1. The van der Waals surface area contributed by atoms with Gasteiger partial charge in [0.25, 0.3) is 0 Å². The van der Waals surface area contributed by atoms with Crippen LogP contribution in [0.25, 0.3) is 11.5 Å². The smallest absolute Gasteiger partial charge is 0.166 e. The molecule has 0 spiro atoms. The van der Waals surface area contributed by atoms with E-state index in [-0.39, 0.29) is 18.1 Å². The van der Waals surface area contributed by atoms with E-state index in [0.29, 0.717) is 18.9 Å². The SMILES string of the molecule is COc1ccc(CNc2ncn(Cc3ccc(OC)c(OC4CCCC4)c3)c3nc(C(C)C)nc2-3)cc1OC1CCCC1. The minimum Gasteiger partial charge on any atom is -0.493 e. The summed E-state index contributed by atoms with van der Waals surface area (Å²) >= 11 is 0. The zero-order valence-corrected chi connectivity index (χ0v) is 25.8. The van der Waals surface area contributed by atoms with Crippen LogP contribution in [-0.2, 0) is 13.1 Å². The molecule has 2 aromatic rings. The summed E-state index contributed by atoms with van der Waals surface area (Å²) in [5, 5.41) is 3.51. The molecule has 0 atom stereocenters. The van der Waals surface area contributed by atoms with Gasteiger partial charge in [-0.2, -0.15) is 0 Å². The fourth-order valence-electron chi connectivity index (χ4n) is 6.05. The Hall–Kier alpha value is -4.01. The molecule has 228 valence electrons. The third kappa shape index (κ3) is 6.65. The van der Waals surface area contributed by atoms with Gasteiger partial charge in [-0.1, -0.05) is 26.0 Å². The summed E-state index contributed by atoms with van der Waals surface area (Å²) in [6, 6.07) is 12.2. The molecule has 2 saturated carbocycles. The molecular weight excluding hydrogens is 542 g/mol. The molecule has 1 N–H and O–H groups in total. The average molecular weight is 586 g/mol. The first-order valence-electron chi connectivity index (χ1n) is 15.6. The van der Waals surface area contributed by atoms with Gasteiger partial charge < -0.3 is 28.8 Å². The predicted octanol–water partition coefficient (Wildman–Crippen LogP) is 7.22. The van der Waals surface area contributed by atoms with E-state index in [9.17, 15) is 0 Å². The van der Waals surface area contributed by atoms with Crippen molar-refractivity contribution in [2.24, 2.45) is 0 Å². The van der Waals surface area contributed by atoms with Crippen molar-refractivity contribution >= 4 is 5.82 Å². The maximum atomic E-state index is 6.35. The predicted molar refractivity (Wildman–Crippen MR) is 167 cm³/mol. The highest BCUT2D eigenvalue weighted by Gasteiger charge is 2.23. The Morgan fingerprint density at radius 2 is 1.37 bits per heavy atom. The van der Waals surface area contributed by atoms with Crippen LogP contribution in [0.5, 0.6) is 23.0 Å². The fourth-order valence-corrected chi connectivity index (χ4v) is 6.05. The van der Waals surface area contributed by atoms with E-state index in [1.165, 1.54) is 25.7 Å². The van der Waals surface area contributed by atoms with E-state index in [1.807, 2.05) is 18.5 Å². The number of hydrogen-bond donors (Lipinski definition) is 1. The van der Waals surface area contributed by atoms with Crippen LogP contribution in [0.3, 0.4) is 0 Å². The van der Waals surface area contributed by atoms with Gasteiger partial charge in [-0.25, -0.2) is 15.0 Å². The van der Waals surface area contributed by atoms with Crippen LogP contribution in [0.2, 0.25) is 0 Å². The van der Waals surface area contributed by atoms with Crippen LogP contribution >= 0.6 is 0 Å². The lowest BCUT2D eigenvalue weighted by atomic mass is 10.2. The second-order valence-corrected chi connectivity index (χ2v) is 12.0. The summed E-state index contributed by atoms with van der Waals surface area (Å²) in [4.78, 5) is 14.7. The first-order chi connectivity index (χ1) is 21.0. The minimum atomic E-state index is 0.193. The molecule has 0 aromatic heterocycles. The molecule has 43 heavy (non-hydrogen) atoms. The van der Waals surface area contributed by atoms with Crippen molar-refractivity contribution in [1.82, 2.24) is 19.5 Å². The molecular formula is C34H43N5O4. The lowest BCUT2D eigenvalue weighted by molar-refractivity contribution is 0.200. The number of methoxy groups -OCH3 is 2. The third-order valence-electron chi connectivity index (χ3n) is 8.46. The van der Waals surface area contributed by atoms with Gasteiger partial charge in [0, 0.05) is 12.5 Å². The first kappa shape index (κ1) is 29.1. The molecule has 4 aliphatic rings. The molecule has 9 heteroatoms. The highest BCUT2D eigenvalue weighted by atomic mass is 16.5. The Morgan fingerprint density at radius 3 is 1.95 bits per heavy atom. The van der Waals surface area contributed by atoms with Gasteiger partial charge in [-0.3, -0.25) is 0 Å². The van der Waals surface area contributed by atoms with Crippen molar-refractivity contribution in [1.29, 1.82) is 0 Å². The average Bonchev–Trinajstić information content (AvgIpc) is 3.80. The van der Waals surface area contributed by atoms with Crippen molar-refractivity contribution in [2.75, 3.05) is 19.5 Å². The number of aromatic nitrogens is 4. The number of anilines is 1. The van der Waals surface area contributed by atoms with Crippen molar-refractivity contribution < 1.29 is 18.9 Å². The minimum absolute atomic E-state index is 0.193. The molecule has 0 unspecified atom stereocenters. The van der Waals surface area contributed by atoms with Crippen molar-refractivity contribution in [3.8, 4) is 34.5 Å². The monoisotopic (exact) mass is 585 g/mol. The van der Waals surface area contributed by atoms with Gasteiger partial charge in [0.15, 0.2) is 40.3 Å². The zero-order valence-electron chi connectivity index (χ0n) is 25.8. The number of hydrogen-bond acceptors (Lipinski definition) is 8. The van der Waals surface area contributed by atoms with Crippen LogP contribution in [0.15, 0.2) is 42.7 Å². The number of benzene rings is 2. The van der Waals surface area contributed by atoms with Gasteiger partial charge in [-0.05, 0) is 86.8 Å². The topological polar surface area (TPSA) is 92.6 Å². The van der Waals surface area contributed by atoms with E-state index in [4.69, 9.17) is 33.9 Å². The van der Waals surface area contributed by atoms with Crippen LogP contribution in [-0.4, -0.2) is 45.9 Å². The molecule has 2 aliphatic carbocycles. The molecule has 2 fully saturated rings. The van der Waals surface area contributed by atoms with Gasteiger partial charge >= 0.3 is 0 Å². The Bertz CT molecular complexity index is 1490. The summed E-state index contributed by atoms with van der Waals surface area (Å²) in [6.07, 6.45) is 11.6. The highest BCUT2D eigenvalue weighted by Crippen LogP contribution is 2.35. The molecule has 2 heterocycles. The Kier molecular flexibility index (Phi) is 8.86. The molecule has 2 aromatic carbocycles. The van der Waals surface area contributed by atoms with Crippen molar-refractivity contribution in [3.63, 3.8) is 0 Å². The Morgan fingerprint density at radius 1 is 0.791 bits per heavy atom. The molecule has 0 bridgehead atoms. The summed E-state index contributed by atoms with van der Waals surface area (Å²) < 4.78 is 25.9. The Balaban J connectivity index is 1.23. The molecule has 0 radical (unpaired) electrons. The zero-order chi connectivity index (χ0) is 29.8. The first-order valence-corrected chi connectivity index (χ1v) is 15.6. The molecule has 0 amide bonds. The van der Waals surface area contributed by atoms with Crippen molar-refractivity contribution in [3.05, 3.63) is 59.7 Å². The summed E-state index contributed by atoms with van der Waals surface area (Å²) in [5.41, 5.74) is 2.93. The number of rotatable bonds is 12. The fraction of sp³-hybridized carbons (Fsp3) is 0.500. The number of imidazole rings is 1. The van der Waals surface area contributed by atoms with E-state index in [0.717, 1.165) is 77.2 Å². The van der Waals surface area contributed by atoms with Gasteiger partial charge in [0.1, 0.15) is 5.82 Å². The van der Waals surface area contributed by atoms with Crippen molar-refractivity contribution in [2.45, 2.75) is 96.4 Å². The van der Waals surface area contributed by atoms with Gasteiger partial charge in [0.05, 0.1) is 39.3 Å².